The molecule has 3 amide bonds. The molecule has 1 fully saturated rings. The fourth-order valence-electron chi connectivity index (χ4n) is 3.65. The molecule has 0 saturated carbocycles. The quantitative estimate of drug-likeness (QED) is 0.529. The SMILES string of the molecule is COC(=O)[C@@H](Cc1ccccc1C)NC(=O)C[C@@H]1NC(=O)[C@H](Cc2ccccc2)NC1=O. The van der Waals surface area contributed by atoms with Crippen LogP contribution in [0.2, 0.25) is 0 Å². The first kappa shape index (κ1) is 23.0. The van der Waals surface area contributed by atoms with E-state index >= 15 is 0 Å². The van der Waals surface area contributed by atoms with Gasteiger partial charge >= 0.3 is 5.97 Å². The molecule has 32 heavy (non-hydrogen) atoms. The van der Waals surface area contributed by atoms with E-state index in [-0.39, 0.29) is 18.7 Å². The zero-order chi connectivity index (χ0) is 23.1. The largest absolute Gasteiger partial charge is 0.467 e. The van der Waals surface area contributed by atoms with Gasteiger partial charge in [-0.1, -0.05) is 54.6 Å². The maximum Gasteiger partial charge on any atom is 0.328 e. The number of rotatable bonds is 8. The number of ether oxygens (including phenoxy) is 1. The van der Waals surface area contributed by atoms with E-state index in [9.17, 15) is 19.2 Å². The van der Waals surface area contributed by atoms with Crippen LogP contribution in [0.25, 0.3) is 0 Å². The zero-order valence-corrected chi connectivity index (χ0v) is 18.1. The van der Waals surface area contributed by atoms with Crippen LogP contribution in [0, 0.1) is 6.92 Å². The minimum Gasteiger partial charge on any atom is -0.467 e. The van der Waals surface area contributed by atoms with Crippen molar-refractivity contribution in [3.05, 3.63) is 71.3 Å². The van der Waals surface area contributed by atoms with Crippen molar-refractivity contribution in [2.75, 3.05) is 7.11 Å². The summed E-state index contributed by atoms with van der Waals surface area (Å²) in [6, 6.07) is 14.3. The van der Waals surface area contributed by atoms with Gasteiger partial charge in [0, 0.05) is 12.8 Å². The number of piperazine rings is 1. The Morgan fingerprint density at radius 3 is 2.28 bits per heavy atom. The van der Waals surface area contributed by atoms with E-state index in [1.807, 2.05) is 61.5 Å². The molecule has 3 N–H and O–H groups in total. The maximum atomic E-state index is 12.6. The molecule has 168 valence electrons. The number of aryl methyl sites for hydroxylation is 1. The monoisotopic (exact) mass is 437 g/mol. The number of benzene rings is 2. The molecule has 1 aliphatic rings. The predicted molar refractivity (Wildman–Crippen MR) is 117 cm³/mol. The van der Waals surface area contributed by atoms with Gasteiger partial charge in [-0.25, -0.2) is 4.79 Å². The van der Waals surface area contributed by atoms with Crippen molar-refractivity contribution < 1.29 is 23.9 Å². The highest BCUT2D eigenvalue weighted by Crippen LogP contribution is 2.12. The molecule has 0 bridgehead atoms. The summed E-state index contributed by atoms with van der Waals surface area (Å²) in [6.45, 7) is 1.92. The van der Waals surface area contributed by atoms with Crippen LogP contribution < -0.4 is 16.0 Å². The maximum absolute atomic E-state index is 12.6. The standard InChI is InChI=1S/C24H27N3O5/c1-15-8-6-7-11-17(15)13-20(24(31)32-2)25-21(28)14-19-23(30)26-18(22(29)27-19)12-16-9-4-3-5-10-16/h3-11,18-20H,12-14H2,1-2H3,(H,25,28)(H,26,30)(H,27,29)/t18-,19-,20+/m0/s1. The first-order valence-electron chi connectivity index (χ1n) is 10.4. The van der Waals surface area contributed by atoms with Crippen molar-refractivity contribution in [3.63, 3.8) is 0 Å². The summed E-state index contributed by atoms with van der Waals surface area (Å²) in [5.74, 6) is -1.90. The summed E-state index contributed by atoms with van der Waals surface area (Å²) in [6.07, 6.45) is 0.336. The number of carbonyl (C=O) groups excluding carboxylic acids is 4. The predicted octanol–water partition coefficient (Wildman–Crippen LogP) is 0.811. The Morgan fingerprint density at radius 2 is 1.59 bits per heavy atom. The fraction of sp³-hybridized carbons (Fsp3) is 0.333. The Kier molecular flexibility index (Phi) is 7.59. The Balaban J connectivity index is 1.59. The van der Waals surface area contributed by atoms with Crippen LogP contribution in [0.15, 0.2) is 54.6 Å². The third-order valence-corrected chi connectivity index (χ3v) is 5.44. The van der Waals surface area contributed by atoms with E-state index in [1.165, 1.54) is 7.11 Å². The molecular formula is C24H27N3O5. The Morgan fingerprint density at radius 1 is 0.969 bits per heavy atom. The summed E-state index contributed by atoms with van der Waals surface area (Å²) in [5.41, 5.74) is 2.80. The summed E-state index contributed by atoms with van der Waals surface area (Å²) in [4.78, 5) is 49.7. The second-order valence-electron chi connectivity index (χ2n) is 7.79. The molecule has 2 aromatic rings. The van der Waals surface area contributed by atoms with Gasteiger partial charge in [-0.05, 0) is 23.6 Å². The minimum atomic E-state index is -1.01. The van der Waals surface area contributed by atoms with Gasteiger partial charge in [-0.3, -0.25) is 14.4 Å². The van der Waals surface area contributed by atoms with Crippen molar-refractivity contribution in [2.45, 2.75) is 44.3 Å². The lowest BCUT2D eigenvalue weighted by Crippen LogP contribution is -2.63. The Hall–Kier alpha value is -3.68. The molecule has 0 unspecified atom stereocenters. The molecule has 8 heteroatoms. The smallest absolute Gasteiger partial charge is 0.328 e. The lowest BCUT2D eigenvalue weighted by molar-refractivity contribution is -0.145. The lowest BCUT2D eigenvalue weighted by Gasteiger charge is -2.29. The Labute approximate surface area is 186 Å². The first-order chi connectivity index (χ1) is 15.4. The third-order valence-electron chi connectivity index (χ3n) is 5.44. The minimum absolute atomic E-state index is 0.257. The van der Waals surface area contributed by atoms with Gasteiger partial charge in [-0.2, -0.15) is 0 Å². The molecule has 3 rings (SSSR count). The van der Waals surface area contributed by atoms with Crippen molar-refractivity contribution >= 4 is 23.7 Å². The first-order valence-corrected chi connectivity index (χ1v) is 10.4. The molecule has 0 aliphatic carbocycles. The molecule has 1 aliphatic heterocycles. The van der Waals surface area contributed by atoms with Gasteiger partial charge in [0.15, 0.2) is 0 Å². The average Bonchev–Trinajstić information content (AvgIpc) is 2.78. The van der Waals surface area contributed by atoms with E-state index in [2.05, 4.69) is 16.0 Å². The number of esters is 1. The van der Waals surface area contributed by atoms with Gasteiger partial charge in [-0.15, -0.1) is 0 Å². The van der Waals surface area contributed by atoms with E-state index in [1.54, 1.807) is 0 Å². The van der Waals surface area contributed by atoms with Crippen LogP contribution >= 0.6 is 0 Å². The van der Waals surface area contributed by atoms with Crippen molar-refractivity contribution in [3.8, 4) is 0 Å². The van der Waals surface area contributed by atoms with Crippen LogP contribution in [-0.4, -0.2) is 48.9 Å². The number of hydrogen-bond acceptors (Lipinski definition) is 5. The van der Waals surface area contributed by atoms with E-state index in [4.69, 9.17) is 4.74 Å². The molecule has 2 aromatic carbocycles. The normalized spacial score (nSPS) is 18.8. The average molecular weight is 437 g/mol. The van der Waals surface area contributed by atoms with Gasteiger partial charge in [0.25, 0.3) is 0 Å². The number of methoxy groups -OCH3 is 1. The van der Waals surface area contributed by atoms with Crippen LogP contribution in [0.1, 0.15) is 23.1 Å². The second-order valence-corrected chi connectivity index (χ2v) is 7.79. The zero-order valence-electron chi connectivity index (χ0n) is 18.1. The number of hydrogen-bond donors (Lipinski definition) is 3. The van der Waals surface area contributed by atoms with Crippen molar-refractivity contribution in [1.29, 1.82) is 0 Å². The summed E-state index contributed by atoms with van der Waals surface area (Å²) in [7, 11) is 1.25. The number of nitrogens with one attached hydrogen (secondary N) is 3. The van der Waals surface area contributed by atoms with Crippen LogP contribution in [0.3, 0.4) is 0 Å². The highest BCUT2D eigenvalue weighted by molar-refractivity contribution is 5.99. The topological polar surface area (TPSA) is 114 Å². The van der Waals surface area contributed by atoms with Crippen molar-refractivity contribution in [2.24, 2.45) is 0 Å². The van der Waals surface area contributed by atoms with Gasteiger partial charge < -0.3 is 20.7 Å². The van der Waals surface area contributed by atoms with Gasteiger partial charge in [0.1, 0.15) is 18.1 Å². The van der Waals surface area contributed by atoms with E-state index < -0.39 is 35.9 Å². The molecule has 8 nitrogen and oxygen atoms in total. The number of carbonyl (C=O) groups is 4. The summed E-state index contributed by atoms with van der Waals surface area (Å²) >= 11 is 0. The van der Waals surface area contributed by atoms with Crippen LogP contribution in [0.5, 0.6) is 0 Å². The fourth-order valence-corrected chi connectivity index (χ4v) is 3.65. The third kappa shape index (κ3) is 5.94. The molecule has 1 saturated heterocycles. The van der Waals surface area contributed by atoms with E-state index in [0.717, 1.165) is 16.7 Å². The van der Waals surface area contributed by atoms with Gasteiger partial charge in [0.05, 0.1) is 13.5 Å². The van der Waals surface area contributed by atoms with Crippen LogP contribution in [0.4, 0.5) is 0 Å². The molecule has 0 radical (unpaired) electrons. The molecule has 0 aromatic heterocycles. The lowest BCUT2D eigenvalue weighted by atomic mass is 9.99. The second kappa shape index (κ2) is 10.6. The molecule has 3 atom stereocenters. The molecule has 1 heterocycles. The highest BCUT2D eigenvalue weighted by atomic mass is 16.5. The summed E-state index contributed by atoms with van der Waals surface area (Å²) in [5, 5.41) is 7.93. The van der Waals surface area contributed by atoms with Gasteiger partial charge in [0.2, 0.25) is 17.7 Å². The highest BCUT2D eigenvalue weighted by Gasteiger charge is 2.35. The summed E-state index contributed by atoms with van der Waals surface area (Å²) < 4.78 is 4.82. The molecular weight excluding hydrogens is 410 g/mol. The molecule has 0 spiro atoms. The number of amides is 3. The van der Waals surface area contributed by atoms with Crippen LogP contribution in [-0.2, 0) is 36.8 Å². The van der Waals surface area contributed by atoms with E-state index in [0.29, 0.717) is 6.42 Å². The van der Waals surface area contributed by atoms with Crippen molar-refractivity contribution in [1.82, 2.24) is 16.0 Å². The Bertz CT molecular complexity index is 992.